The summed E-state index contributed by atoms with van der Waals surface area (Å²) >= 11 is 0. The number of halogens is 1. The zero-order valence-electron chi connectivity index (χ0n) is 16.6. The van der Waals surface area contributed by atoms with Crippen LogP contribution in [-0.4, -0.2) is 38.2 Å². The molecule has 0 saturated heterocycles. The minimum Gasteiger partial charge on any atom is -0.496 e. The van der Waals surface area contributed by atoms with E-state index in [2.05, 4.69) is 33.6 Å². The molecule has 3 aromatic rings. The molecule has 0 aliphatic rings. The number of benzene rings is 2. The first kappa shape index (κ1) is 19.7. The molecule has 5 nitrogen and oxygen atoms in total. The summed E-state index contributed by atoms with van der Waals surface area (Å²) in [6.07, 6.45) is 2.71. The lowest BCUT2D eigenvalue weighted by Crippen LogP contribution is -2.39. The number of guanidine groups is 1. The molecule has 1 unspecified atom stereocenters. The van der Waals surface area contributed by atoms with Crippen molar-refractivity contribution in [3.8, 4) is 5.75 Å². The highest BCUT2D eigenvalue weighted by Gasteiger charge is 2.11. The van der Waals surface area contributed by atoms with Gasteiger partial charge in [-0.2, -0.15) is 0 Å². The number of aromatic nitrogens is 1. The molecule has 0 spiro atoms. The van der Waals surface area contributed by atoms with Gasteiger partial charge < -0.3 is 20.4 Å². The van der Waals surface area contributed by atoms with Crippen molar-refractivity contribution in [1.82, 2.24) is 15.6 Å². The molecule has 1 aromatic heterocycles. The third kappa shape index (κ3) is 4.63. The van der Waals surface area contributed by atoms with Gasteiger partial charge in [0.15, 0.2) is 5.96 Å². The van der Waals surface area contributed by atoms with Crippen molar-refractivity contribution < 1.29 is 9.13 Å². The quantitative estimate of drug-likeness (QED) is 0.430. The highest BCUT2D eigenvalue weighted by Crippen LogP contribution is 2.25. The van der Waals surface area contributed by atoms with E-state index in [1.807, 2.05) is 24.4 Å². The van der Waals surface area contributed by atoms with Gasteiger partial charge in [0, 0.05) is 43.2 Å². The van der Waals surface area contributed by atoms with Crippen molar-refractivity contribution in [2.75, 3.05) is 27.2 Å². The van der Waals surface area contributed by atoms with Crippen LogP contribution in [0.5, 0.6) is 5.75 Å². The molecule has 28 heavy (non-hydrogen) atoms. The Hall–Kier alpha value is -3.02. The smallest absolute Gasteiger partial charge is 0.191 e. The summed E-state index contributed by atoms with van der Waals surface area (Å²) in [5.74, 6) is 1.69. The van der Waals surface area contributed by atoms with Crippen LogP contribution in [-0.2, 0) is 6.42 Å². The van der Waals surface area contributed by atoms with Crippen LogP contribution in [0.15, 0.2) is 53.7 Å². The Labute approximate surface area is 165 Å². The molecule has 0 radical (unpaired) electrons. The summed E-state index contributed by atoms with van der Waals surface area (Å²) in [6, 6.07) is 12.9. The number of H-pyrrole nitrogens is 1. The maximum Gasteiger partial charge on any atom is 0.191 e. The molecule has 3 N–H and O–H groups in total. The SMILES string of the molecule is CN=C(NCCc1c[nH]c2ccc(F)cc12)NCC(C)c1ccccc1OC. The molecule has 148 valence electrons. The van der Waals surface area contributed by atoms with Crippen molar-refractivity contribution >= 4 is 16.9 Å². The van der Waals surface area contributed by atoms with Gasteiger partial charge in [0.05, 0.1) is 7.11 Å². The van der Waals surface area contributed by atoms with E-state index in [1.165, 1.54) is 6.07 Å². The van der Waals surface area contributed by atoms with Gasteiger partial charge in [-0.15, -0.1) is 0 Å². The molecular weight excluding hydrogens is 355 g/mol. The monoisotopic (exact) mass is 382 g/mol. The maximum atomic E-state index is 13.5. The van der Waals surface area contributed by atoms with Crippen LogP contribution in [0.4, 0.5) is 4.39 Å². The lowest BCUT2D eigenvalue weighted by Gasteiger charge is -2.18. The second kappa shape index (κ2) is 9.26. The van der Waals surface area contributed by atoms with Crippen LogP contribution in [0.2, 0.25) is 0 Å². The van der Waals surface area contributed by atoms with E-state index < -0.39 is 0 Å². The van der Waals surface area contributed by atoms with Crippen molar-refractivity contribution in [3.05, 3.63) is 65.6 Å². The number of nitrogens with one attached hydrogen (secondary N) is 3. The summed E-state index contributed by atoms with van der Waals surface area (Å²) in [4.78, 5) is 7.47. The lowest BCUT2D eigenvalue weighted by molar-refractivity contribution is 0.406. The highest BCUT2D eigenvalue weighted by atomic mass is 19.1. The normalized spacial score (nSPS) is 12.8. The largest absolute Gasteiger partial charge is 0.496 e. The average Bonchev–Trinajstić information content (AvgIpc) is 3.12. The molecule has 0 bridgehead atoms. The van der Waals surface area contributed by atoms with Crippen LogP contribution in [0.3, 0.4) is 0 Å². The van der Waals surface area contributed by atoms with Crippen LogP contribution in [0.25, 0.3) is 10.9 Å². The molecule has 0 fully saturated rings. The number of para-hydroxylation sites is 1. The summed E-state index contributed by atoms with van der Waals surface area (Å²) < 4.78 is 18.9. The minimum atomic E-state index is -0.218. The molecule has 2 aromatic carbocycles. The Morgan fingerprint density at radius 2 is 2.04 bits per heavy atom. The molecule has 6 heteroatoms. The zero-order valence-corrected chi connectivity index (χ0v) is 16.6. The second-order valence-electron chi connectivity index (χ2n) is 6.78. The minimum absolute atomic E-state index is 0.218. The van der Waals surface area contributed by atoms with Crippen LogP contribution in [0, 0.1) is 5.82 Å². The van der Waals surface area contributed by atoms with E-state index in [0.717, 1.165) is 46.7 Å². The van der Waals surface area contributed by atoms with E-state index >= 15 is 0 Å². The number of fused-ring (bicyclic) bond motifs is 1. The maximum absolute atomic E-state index is 13.5. The van der Waals surface area contributed by atoms with Gasteiger partial charge in [0.1, 0.15) is 11.6 Å². The van der Waals surface area contributed by atoms with E-state index in [4.69, 9.17) is 4.74 Å². The highest BCUT2D eigenvalue weighted by molar-refractivity contribution is 5.83. The zero-order chi connectivity index (χ0) is 19.9. The van der Waals surface area contributed by atoms with Gasteiger partial charge in [-0.05, 0) is 41.8 Å². The number of aromatic amines is 1. The number of nitrogens with zero attached hydrogens (tertiary/aromatic N) is 1. The number of hydrogen-bond donors (Lipinski definition) is 3. The molecule has 1 heterocycles. The van der Waals surface area contributed by atoms with E-state index in [0.29, 0.717) is 6.54 Å². The Bertz CT molecular complexity index is 951. The Morgan fingerprint density at radius 1 is 1.21 bits per heavy atom. The third-order valence-corrected chi connectivity index (χ3v) is 4.89. The third-order valence-electron chi connectivity index (χ3n) is 4.89. The van der Waals surface area contributed by atoms with Crippen molar-refractivity contribution in [2.24, 2.45) is 4.99 Å². The van der Waals surface area contributed by atoms with Crippen LogP contribution < -0.4 is 15.4 Å². The second-order valence-corrected chi connectivity index (χ2v) is 6.78. The number of aliphatic imine (C=N–C) groups is 1. The molecule has 0 saturated carbocycles. The molecule has 3 rings (SSSR count). The Morgan fingerprint density at radius 3 is 2.82 bits per heavy atom. The first-order chi connectivity index (χ1) is 13.6. The fourth-order valence-corrected chi connectivity index (χ4v) is 3.33. The van der Waals surface area contributed by atoms with Crippen LogP contribution in [0.1, 0.15) is 24.0 Å². The first-order valence-corrected chi connectivity index (χ1v) is 9.45. The fourth-order valence-electron chi connectivity index (χ4n) is 3.33. The van der Waals surface area contributed by atoms with Gasteiger partial charge in [-0.1, -0.05) is 25.1 Å². The summed E-state index contributed by atoms with van der Waals surface area (Å²) in [5.41, 5.74) is 3.19. The molecule has 0 amide bonds. The Balaban J connectivity index is 1.52. The number of hydrogen-bond acceptors (Lipinski definition) is 2. The van der Waals surface area contributed by atoms with Gasteiger partial charge in [0.2, 0.25) is 0 Å². The first-order valence-electron chi connectivity index (χ1n) is 9.45. The van der Waals surface area contributed by atoms with Crippen molar-refractivity contribution in [1.29, 1.82) is 0 Å². The topological polar surface area (TPSA) is 61.4 Å². The van der Waals surface area contributed by atoms with E-state index in [1.54, 1.807) is 26.3 Å². The molecule has 0 aliphatic carbocycles. The van der Waals surface area contributed by atoms with Crippen molar-refractivity contribution in [2.45, 2.75) is 19.3 Å². The van der Waals surface area contributed by atoms with Gasteiger partial charge in [0.25, 0.3) is 0 Å². The number of rotatable bonds is 7. The van der Waals surface area contributed by atoms with E-state index in [9.17, 15) is 4.39 Å². The Kier molecular flexibility index (Phi) is 6.53. The predicted octanol–water partition coefficient (Wildman–Crippen LogP) is 3.83. The van der Waals surface area contributed by atoms with Crippen molar-refractivity contribution in [3.63, 3.8) is 0 Å². The molecule has 0 aliphatic heterocycles. The number of methoxy groups -OCH3 is 1. The lowest BCUT2D eigenvalue weighted by atomic mass is 10.0. The summed E-state index contributed by atoms with van der Waals surface area (Å²) in [7, 11) is 3.44. The molecule has 1 atom stereocenters. The number of ether oxygens (including phenoxy) is 1. The standard InChI is InChI=1S/C22H27FN4O/c1-15(18-6-4-5-7-21(18)28-3)13-27-22(24-2)25-11-10-16-14-26-20-9-8-17(23)12-19(16)20/h4-9,12,14-15,26H,10-11,13H2,1-3H3,(H2,24,25,27). The predicted molar refractivity (Wildman–Crippen MR) is 113 cm³/mol. The van der Waals surface area contributed by atoms with Gasteiger partial charge in [-0.3, -0.25) is 4.99 Å². The average molecular weight is 382 g/mol. The van der Waals surface area contributed by atoms with E-state index in [-0.39, 0.29) is 11.7 Å². The van der Waals surface area contributed by atoms with Crippen LogP contribution >= 0.6 is 0 Å². The molecular formula is C22H27FN4O. The van der Waals surface area contributed by atoms with Gasteiger partial charge >= 0.3 is 0 Å². The summed E-state index contributed by atoms with van der Waals surface area (Å²) in [5, 5.41) is 7.61. The summed E-state index contributed by atoms with van der Waals surface area (Å²) in [6.45, 7) is 3.59. The van der Waals surface area contributed by atoms with Gasteiger partial charge in [-0.25, -0.2) is 4.39 Å². The fraction of sp³-hybridized carbons (Fsp3) is 0.318.